The summed E-state index contributed by atoms with van der Waals surface area (Å²) in [6.45, 7) is 4.18. The molecule has 0 saturated heterocycles. The molecule has 0 aromatic heterocycles. The van der Waals surface area contributed by atoms with E-state index in [9.17, 15) is 5.11 Å². The lowest BCUT2D eigenvalue weighted by molar-refractivity contribution is 0.177. The second kappa shape index (κ2) is 6.36. The molecule has 0 aliphatic rings. The van der Waals surface area contributed by atoms with Crippen LogP contribution < -0.4 is 0 Å². The molecule has 2 heteroatoms. The first-order valence-corrected chi connectivity index (χ1v) is 7.42. The van der Waals surface area contributed by atoms with Gasteiger partial charge >= 0.3 is 0 Å². The molecule has 0 spiro atoms. The highest BCUT2D eigenvalue weighted by Crippen LogP contribution is 2.26. The Hall–Kier alpha value is -1.12. The minimum Gasteiger partial charge on any atom is -0.388 e. The summed E-state index contributed by atoms with van der Waals surface area (Å²) in [5.74, 6) is 0. The maximum atomic E-state index is 10.4. The van der Waals surface area contributed by atoms with Crippen LogP contribution in [0.15, 0.2) is 46.9 Å². The molecule has 0 heterocycles. The molecule has 0 fully saturated rings. The van der Waals surface area contributed by atoms with Gasteiger partial charge in [0.05, 0.1) is 6.10 Å². The van der Waals surface area contributed by atoms with Crippen molar-refractivity contribution in [3.8, 4) is 0 Å². The quantitative estimate of drug-likeness (QED) is 0.873. The summed E-state index contributed by atoms with van der Waals surface area (Å²) >= 11 is 3.51. The zero-order valence-electron chi connectivity index (χ0n) is 11.4. The first kappa shape index (κ1) is 14.3. The molecule has 0 amide bonds. The number of aliphatic hydroxyl groups excluding tert-OH is 1. The Labute approximate surface area is 123 Å². The van der Waals surface area contributed by atoms with Gasteiger partial charge in [0.1, 0.15) is 0 Å². The van der Waals surface area contributed by atoms with E-state index in [1.807, 2.05) is 25.1 Å². The Balaban J connectivity index is 2.15. The molecule has 2 aromatic rings. The van der Waals surface area contributed by atoms with E-state index < -0.39 is 6.10 Å². The maximum absolute atomic E-state index is 10.4. The lowest BCUT2D eigenvalue weighted by Crippen LogP contribution is -2.04. The van der Waals surface area contributed by atoms with Crippen molar-refractivity contribution in [3.05, 3.63) is 69.2 Å². The van der Waals surface area contributed by atoms with E-state index in [1.54, 1.807) is 0 Å². The van der Waals surface area contributed by atoms with Crippen molar-refractivity contribution in [2.24, 2.45) is 0 Å². The first-order valence-electron chi connectivity index (χ1n) is 6.62. The van der Waals surface area contributed by atoms with E-state index in [2.05, 4.69) is 47.1 Å². The van der Waals surface area contributed by atoms with Crippen LogP contribution in [-0.4, -0.2) is 5.11 Å². The van der Waals surface area contributed by atoms with Gasteiger partial charge in [0.15, 0.2) is 0 Å². The highest BCUT2D eigenvalue weighted by molar-refractivity contribution is 9.10. The standard InChI is InChI=1S/C17H19BrO/c1-3-13-7-9-14(10-8-13)11-17(19)15-5-4-6-16(18)12(15)2/h4-10,17,19H,3,11H2,1-2H3. The summed E-state index contributed by atoms with van der Waals surface area (Å²) in [7, 11) is 0. The number of benzene rings is 2. The predicted octanol–water partition coefficient (Wildman–Crippen LogP) is 4.60. The molecule has 1 nitrogen and oxygen atoms in total. The van der Waals surface area contributed by atoms with Crippen LogP contribution >= 0.6 is 15.9 Å². The van der Waals surface area contributed by atoms with Crippen LogP contribution in [0.2, 0.25) is 0 Å². The summed E-state index contributed by atoms with van der Waals surface area (Å²) in [5, 5.41) is 10.4. The van der Waals surface area contributed by atoms with Gasteiger partial charge in [0.25, 0.3) is 0 Å². The third-order valence-corrected chi connectivity index (χ3v) is 4.39. The van der Waals surface area contributed by atoms with Gasteiger partial charge in [-0.25, -0.2) is 0 Å². The molecule has 1 N–H and O–H groups in total. The molecule has 0 bridgehead atoms. The zero-order chi connectivity index (χ0) is 13.8. The van der Waals surface area contributed by atoms with Crippen LogP contribution in [0.5, 0.6) is 0 Å². The summed E-state index contributed by atoms with van der Waals surface area (Å²) in [6, 6.07) is 14.4. The van der Waals surface area contributed by atoms with E-state index in [0.717, 1.165) is 22.0 Å². The smallest absolute Gasteiger partial charge is 0.0833 e. The van der Waals surface area contributed by atoms with Crippen molar-refractivity contribution in [1.29, 1.82) is 0 Å². The second-order valence-electron chi connectivity index (χ2n) is 4.84. The first-order chi connectivity index (χ1) is 9.11. The van der Waals surface area contributed by atoms with Crippen LogP contribution in [0.3, 0.4) is 0 Å². The van der Waals surface area contributed by atoms with Crippen LogP contribution in [0.4, 0.5) is 0 Å². The average molecular weight is 319 g/mol. The Morgan fingerprint density at radius 3 is 2.32 bits per heavy atom. The number of aryl methyl sites for hydroxylation is 1. The van der Waals surface area contributed by atoms with Crippen molar-refractivity contribution in [2.75, 3.05) is 0 Å². The monoisotopic (exact) mass is 318 g/mol. The van der Waals surface area contributed by atoms with Gasteiger partial charge in [0, 0.05) is 10.9 Å². The normalized spacial score (nSPS) is 12.4. The molecule has 2 aromatic carbocycles. The molecule has 0 saturated carbocycles. The lowest BCUT2D eigenvalue weighted by atomic mass is 9.97. The highest BCUT2D eigenvalue weighted by Gasteiger charge is 2.12. The molecular weight excluding hydrogens is 300 g/mol. The van der Waals surface area contributed by atoms with Gasteiger partial charge in [-0.1, -0.05) is 59.3 Å². The molecule has 0 aliphatic carbocycles. The summed E-state index contributed by atoms with van der Waals surface area (Å²) in [4.78, 5) is 0. The molecular formula is C17H19BrO. The third-order valence-electron chi connectivity index (χ3n) is 3.53. The topological polar surface area (TPSA) is 20.2 Å². The Morgan fingerprint density at radius 2 is 1.68 bits per heavy atom. The number of aliphatic hydroxyl groups is 1. The van der Waals surface area contributed by atoms with Gasteiger partial charge in [-0.05, 0) is 41.7 Å². The van der Waals surface area contributed by atoms with Gasteiger partial charge in [-0.2, -0.15) is 0 Å². The number of hydrogen-bond acceptors (Lipinski definition) is 1. The fourth-order valence-electron chi connectivity index (χ4n) is 2.23. The van der Waals surface area contributed by atoms with Crippen LogP contribution in [0, 0.1) is 6.92 Å². The minimum absolute atomic E-state index is 0.454. The van der Waals surface area contributed by atoms with Gasteiger partial charge in [-0.15, -0.1) is 0 Å². The van der Waals surface area contributed by atoms with E-state index in [-0.39, 0.29) is 0 Å². The summed E-state index contributed by atoms with van der Waals surface area (Å²) in [6.07, 6.45) is 1.25. The van der Waals surface area contributed by atoms with Crippen molar-refractivity contribution in [2.45, 2.75) is 32.8 Å². The molecule has 1 unspecified atom stereocenters. The van der Waals surface area contributed by atoms with Crippen LogP contribution in [-0.2, 0) is 12.8 Å². The van der Waals surface area contributed by atoms with Crippen molar-refractivity contribution >= 4 is 15.9 Å². The fourth-order valence-corrected chi connectivity index (χ4v) is 2.61. The summed E-state index contributed by atoms with van der Waals surface area (Å²) < 4.78 is 1.05. The van der Waals surface area contributed by atoms with Crippen LogP contribution in [0.25, 0.3) is 0 Å². The molecule has 100 valence electrons. The van der Waals surface area contributed by atoms with Gasteiger partial charge in [-0.3, -0.25) is 0 Å². The molecule has 19 heavy (non-hydrogen) atoms. The van der Waals surface area contributed by atoms with Crippen molar-refractivity contribution in [3.63, 3.8) is 0 Å². The largest absolute Gasteiger partial charge is 0.388 e. The zero-order valence-corrected chi connectivity index (χ0v) is 12.9. The molecule has 0 aliphatic heterocycles. The minimum atomic E-state index is -0.454. The number of hydrogen-bond donors (Lipinski definition) is 1. The van der Waals surface area contributed by atoms with Crippen molar-refractivity contribution in [1.82, 2.24) is 0 Å². The number of halogens is 1. The molecule has 0 radical (unpaired) electrons. The third kappa shape index (κ3) is 3.46. The van der Waals surface area contributed by atoms with E-state index in [0.29, 0.717) is 6.42 Å². The Kier molecular flexibility index (Phi) is 4.78. The van der Waals surface area contributed by atoms with E-state index in [4.69, 9.17) is 0 Å². The maximum Gasteiger partial charge on any atom is 0.0833 e. The lowest BCUT2D eigenvalue weighted by Gasteiger charge is -2.15. The Bertz CT molecular complexity index is 546. The summed E-state index contributed by atoms with van der Waals surface area (Å²) in [5.41, 5.74) is 4.61. The van der Waals surface area contributed by atoms with E-state index >= 15 is 0 Å². The fraction of sp³-hybridized carbons (Fsp3) is 0.294. The molecule has 1 atom stereocenters. The Morgan fingerprint density at radius 1 is 1.05 bits per heavy atom. The number of rotatable bonds is 4. The second-order valence-corrected chi connectivity index (χ2v) is 5.70. The highest BCUT2D eigenvalue weighted by atomic mass is 79.9. The van der Waals surface area contributed by atoms with E-state index in [1.165, 1.54) is 11.1 Å². The SMILES string of the molecule is CCc1ccc(CC(O)c2cccc(Br)c2C)cc1. The predicted molar refractivity (Wildman–Crippen MR) is 83.4 cm³/mol. The van der Waals surface area contributed by atoms with Crippen molar-refractivity contribution < 1.29 is 5.11 Å². The molecule has 2 rings (SSSR count). The van der Waals surface area contributed by atoms with Gasteiger partial charge < -0.3 is 5.11 Å². The van der Waals surface area contributed by atoms with Gasteiger partial charge in [0.2, 0.25) is 0 Å². The van der Waals surface area contributed by atoms with Crippen LogP contribution in [0.1, 0.15) is 35.3 Å². The average Bonchev–Trinajstić information content (AvgIpc) is 2.42.